The summed E-state index contributed by atoms with van der Waals surface area (Å²) in [6, 6.07) is 13.9. The molecule has 0 aliphatic carbocycles. The first-order valence-electron chi connectivity index (χ1n) is 8.26. The number of hydrogen-bond donors (Lipinski definition) is 1. The molecule has 1 aliphatic heterocycles. The van der Waals surface area contributed by atoms with Crippen LogP contribution in [0.3, 0.4) is 0 Å². The van der Waals surface area contributed by atoms with E-state index in [2.05, 4.69) is 5.32 Å². The molecule has 2 amide bonds. The quantitative estimate of drug-likeness (QED) is 0.931. The van der Waals surface area contributed by atoms with E-state index in [-0.39, 0.29) is 30.9 Å². The smallest absolute Gasteiger partial charge is 0.242 e. The molecule has 0 saturated carbocycles. The topological polar surface area (TPSA) is 58.6 Å². The van der Waals surface area contributed by atoms with Crippen molar-refractivity contribution < 1.29 is 14.3 Å². The van der Waals surface area contributed by atoms with Crippen molar-refractivity contribution in [3.05, 3.63) is 48.0 Å². The van der Waals surface area contributed by atoms with Gasteiger partial charge in [-0.15, -0.1) is 0 Å². The van der Waals surface area contributed by atoms with Gasteiger partial charge < -0.3 is 15.0 Å². The van der Waals surface area contributed by atoms with E-state index in [0.717, 1.165) is 16.3 Å². The highest BCUT2D eigenvalue weighted by molar-refractivity contribution is 5.91. The molecule has 5 nitrogen and oxygen atoms in total. The lowest BCUT2D eigenvalue weighted by Crippen LogP contribution is -2.48. The first-order valence-corrected chi connectivity index (χ1v) is 8.26. The predicted octanol–water partition coefficient (Wildman–Crippen LogP) is 1.75. The molecule has 1 heterocycles. The predicted molar refractivity (Wildman–Crippen MR) is 92.7 cm³/mol. The van der Waals surface area contributed by atoms with E-state index in [1.807, 2.05) is 49.4 Å². The molecule has 0 aromatic heterocycles. The highest BCUT2D eigenvalue weighted by atomic mass is 16.5. The summed E-state index contributed by atoms with van der Waals surface area (Å²) >= 11 is 0. The molecule has 24 heavy (non-hydrogen) atoms. The normalized spacial score (nSPS) is 17.7. The van der Waals surface area contributed by atoms with Gasteiger partial charge in [-0.05, 0) is 23.3 Å². The molecule has 0 bridgehead atoms. The molecule has 1 aliphatic rings. The molecular formula is C19H22N2O3. The Bertz CT molecular complexity index is 739. The first-order chi connectivity index (χ1) is 11.6. The Labute approximate surface area is 141 Å². The van der Waals surface area contributed by atoms with Crippen molar-refractivity contribution in [2.24, 2.45) is 0 Å². The van der Waals surface area contributed by atoms with Gasteiger partial charge in [0.1, 0.15) is 0 Å². The van der Waals surface area contributed by atoms with Crippen LogP contribution in [0.25, 0.3) is 10.8 Å². The third kappa shape index (κ3) is 3.92. The standard InChI is InChI=1S/C19H22N2O3/c1-14-13-21(9-10-24-14)19(23)12-20-18(22)11-16-7-4-6-15-5-2-3-8-17(15)16/h2-8,14H,9-13H2,1H3,(H,20,22)/t14-/m0/s1. The molecule has 2 aromatic carbocycles. The molecule has 1 saturated heterocycles. The van der Waals surface area contributed by atoms with Crippen molar-refractivity contribution in [3.63, 3.8) is 0 Å². The Kier molecular flexibility index (Phi) is 5.11. The van der Waals surface area contributed by atoms with Crippen LogP contribution in [-0.4, -0.2) is 49.1 Å². The van der Waals surface area contributed by atoms with Crippen molar-refractivity contribution in [3.8, 4) is 0 Å². The van der Waals surface area contributed by atoms with Crippen LogP contribution in [0.2, 0.25) is 0 Å². The molecule has 2 aromatic rings. The average molecular weight is 326 g/mol. The Morgan fingerprint density at radius 2 is 2.00 bits per heavy atom. The zero-order chi connectivity index (χ0) is 16.9. The summed E-state index contributed by atoms with van der Waals surface area (Å²) < 4.78 is 5.42. The third-order valence-electron chi connectivity index (χ3n) is 4.26. The zero-order valence-electron chi connectivity index (χ0n) is 13.8. The van der Waals surface area contributed by atoms with Gasteiger partial charge in [-0.1, -0.05) is 42.5 Å². The lowest BCUT2D eigenvalue weighted by Gasteiger charge is -2.31. The highest BCUT2D eigenvalue weighted by Crippen LogP contribution is 2.18. The molecule has 1 atom stereocenters. The lowest BCUT2D eigenvalue weighted by molar-refractivity contribution is -0.138. The van der Waals surface area contributed by atoms with Crippen molar-refractivity contribution in [1.29, 1.82) is 0 Å². The van der Waals surface area contributed by atoms with Crippen molar-refractivity contribution in [2.75, 3.05) is 26.2 Å². The first kappa shape index (κ1) is 16.5. The van der Waals surface area contributed by atoms with Gasteiger partial charge in [0.15, 0.2) is 0 Å². The second-order valence-electron chi connectivity index (χ2n) is 6.11. The van der Waals surface area contributed by atoms with E-state index < -0.39 is 0 Å². The summed E-state index contributed by atoms with van der Waals surface area (Å²) in [5.41, 5.74) is 0.970. The minimum Gasteiger partial charge on any atom is -0.375 e. The van der Waals surface area contributed by atoms with Crippen LogP contribution in [0.15, 0.2) is 42.5 Å². The SMILES string of the molecule is C[C@H]1CN(C(=O)CNC(=O)Cc2cccc3ccccc23)CCO1. The van der Waals surface area contributed by atoms with Crippen LogP contribution >= 0.6 is 0 Å². The highest BCUT2D eigenvalue weighted by Gasteiger charge is 2.21. The Balaban J connectivity index is 1.56. The number of rotatable bonds is 4. The number of carbonyl (C=O) groups is 2. The van der Waals surface area contributed by atoms with E-state index in [4.69, 9.17) is 4.74 Å². The van der Waals surface area contributed by atoms with Gasteiger partial charge in [-0.25, -0.2) is 0 Å². The molecule has 1 N–H and O–H groups in total. The summed E-state index contributed by atoms with van der Waals surface area (Å²) in [7, 11) is 0. The second-order valence-corrected chi connectivity index (χ2v) is 6.11. The summed E-state index contributed by atoms with van der Waals surface area (Å²) in [6.07, 6.45) is 0.322. The molecule has 0 unspecified atom stereocenters. The van der Waals surface area contributed by atoms with E-state index in [9.17, 15) is 9.59 Å². The van der Waals surface area contributed by atoms with Crippen molar-refractivity contribution >= 4 is 22.6 Å². The fourth-order valence-electron chi connectivity index (χ4n) is 3.01. The van der Waals surface area contributed by atoms with Crippen LogP contribution in [0.1, 0.15) is 12.5 Å². The number of hydrogen-bond acceptors (Lipinski definition) is 3. The van der Waals surface area contributed by atoms with Gasteiger partial charge in [0.25, 0.3) is 0 Å². The molecule has 126 valence electrons. The van der Waals surface area contributed by atoms with Crippen LogP contribution in [-0.2, 0) is 20.7 Å². The number of amides is 2. The number of benzene rings is 2. The van der Waals surface area contributed by atoms with Crippen LogP contribution in [0.4, 0.5) is 0 Å². The number of morpholine rings is 1. The number of nitrogens with zero attached hydrogens (tertiary/aromatic N) is 1. The van der Waals surface area contributed by atoms with Gasteiger partial charge in [-0.3, -0.25) is 9.59 Å². The fraction of sp³-hybridized carbons (Fsp3) is 0.368. The van der Waals surface area contributed by atoms with Gasteiger partial charge in [0.2, 0.25) is 11.8 Å². The van der Waals surface area contributed by atoms with E-state index in [1.54, 1.807) is 4.90 Å². The minimum atomic E-state index is -0.138. The Morgan fingerprint density at radius 3 is 2.83 bits per heavy atom. The van der Waals surface area contributed by atoms with Gasteiger partial charge >= 0.3 is 0 Å². The van der Waals surface area contributed by atoms with Crippen LogP contribution in [0.5, 0.6) is 0 Å². The van der Waals surface area contributed by atoms with E-state index in [1.165, 1.54) is 0 Å². The molecule has 1 fully saturated rings. The maximum atomic E-state index is 12.2. The molecule has 5 heteroatoms. The largest absolute Gasteiger partial charge is 0.375 e. The van der Waals surface area contributed by atoms with E-state index in [0.29, 0.717) is 19.7 Å². The molecule has 3 rings (SSSR count). The number of ether oxygens (including phenoxy) is 1. The second kappa shape index (κ2) is 7.45. The summed E-state index contributed by atoms with van der Waals surface area (Å²) in [5, 5.41) is 4.92. The van der Waals surface area contributed by atoms with Crippen molar-refractivity contribution in [2.45, 2.75) is 19.4 Å². The zero-order valence-corrected chi connectivity index (χ0v) is 13.8. The third-order valence-corrected chi connectivity index (χ3v) is 4.26. The van der Waals surface area contributed by atoms with Crippen LogP contribution in [0, 0.1) is 0 Å². The maximum absolute atomic E-state index is 12.2. The molecule has 0 spiro atoms. The fourth-order valence-corrected chi connectivity index (χ4v) is 3.01. The van der Waals surface area contributed by atoms with Gasteiger partial charge in [0.05, 0.1) is 25.7 Å². The Morgan fingerprint density at radius 1 is 1.21 bits per heavy atom. The summed E-state index contributed by atoms with van der Waals surface area (Å²) in [6.45, 7) is 3.70. The van der Waals surface area contributed by atoms with E-state index >= 15 is 0 Å². The Hall–Kier alpha value is -2.40. The van der Waals surface area contributed by atoms with Crippen LogP contribution < -0.4 is 5.32 Å². The number of nitrogens with one attached hydrogen (secondary N) is 1. The van der Waals surface area contributed by atoms with Gasteiger partial charge in [-0.2, -0.15) is 0 Å². The summed E-state index contributed by atoms with van der Waals surface area (Å²) in [5.74, 6) is -0.197. The van der Waals surface area contributed by atoms with Gasteiger partial charge in [0, 0.05) is 13.1 Å². The number of carbonyl (C=O) groups excluding carboxylic acids is 2. The maximum Gasteiger partial charge on any atom is 0.242 e. The molecular weight excluding hydrogens is 304 g/mol. The summed E-state index contributed by atoms with van der Waals surface area (Å²) in [4.78, 5) is 26.1. The molecule has 0 radical (unpaired) electrons. The number of fused-ring (bicyclic) bond motifs is 1. The lowest BCUT2D eigenvalue weighted by atomic mass is 10.0. The van der Waals surface area contributed by atoms with Crippen molar-refractivity contribution in [1.82, 2.24) is 10.2 Å². The average Bonchev–Trinajstić information content (AvgIpc) is 2.60. The monoisotopic (exact) mass is 326 g/mol. The minimum absolute atomic E-state index is 0.0380.